The number of para-hydroxylation sites is 2. The van der Waals surface area contributed by atoms with Crippen LogP contribution in [0.1, 0.15) is 22.8 Å². The minimum atomic E-state index is 0.822. The molecule has 0 N–H and O–H groups in total. The lowest BCUT2D eigenvalue weighted by Gasteiger charge is -2.10. The van der Waals surface area contributed by atoms with Crippen molar-refractivity contribution in [1.29, 1.82) is 0 Å². The molecule has 0 atom stereocenters. The summed E-state index contributed by atoms with van der Waals surface area (Å²) in [6.45, 7) is 3.97. The van der Waals surface area contributed by atoms with Crippen LogP contribution in [0.4, 0.5) is 0 Å². The van der Waals surface area contributed by atoms with Crippen molar-refractivity contribution in [3.63, 3.8) is 0 Å². The molecule has 5 aromatic rings. The molecule has 170 valence electrons. The van der Waals surface area contributed by atoms with E-state index in [4.69, 9.17) is 0 Å². The van der Waals surface area contributed by atoms with Crippen molar-refractivity contribution in [1.82, 2.24) is 29.5 Å². The SMILES string of the molecule is Cc1nnc(SCc2cccc(CSc3nnc(C)n3-c3ccccc3)c2)n1-c1ccccc1. The van der Waals surface area contributed by atoms with Crippen LogP contribution in [0.3, 0.4) is 0 Å². The molecule has 2 aromatic heterocycles. The van der Waals surface area contributed by atoms with E-state index in [0.717, 1.165) is 44.8 Å². The number of aromatic nitrogens is 6. The Morgan fingerprint density at radius 3 is 1.44 bits per heavy atom. The van der Waals surface area contributed by atoms with E-state index in [0.29, 0.717) is 0 Å². The molecule has 0 saturated carbocycles. The maximum absolute atomic E-state index is 4.40. The summed E-state index contributed by atoms with van der Waals surface area (Å²) in [5, 5.41) is 19.2. The van der Waals surface area contributed by atoms with Gasteiger partial charge >= 0.3 is 0 Å². The summed E-state index contributed by atoms with van der Waals surface area (Å²) in [5.41, 5.74) is 4.67. The predicted molar refractivity (Wildman–Crippen MR) is 138 cm³/mol. The molecular weight excluding hydrogens is 460 g/mol. The Kier molecular flexibility index (Phi) is 6.78. The van der Waals surface area contributed by atoms with E-state index in [2.05, 4.69) is 78.1 Å². The molecule has 6 nitrogen and oxygen atoms in total. The molecule has 0 aliphatic carbocycles. The first-order valence-electron chi connectivity index (χ1n) is 11.0. The second-order valence-electron chi connectivity index (χ2n) is 7.80. The van der Waals surface area contributed by atoms with Gasteiger partial charge in [0.05, 0.1) is 0 Å². The van der Waals surface area contributed by atoms with E-state index in [-0.39, 0.29) is 0 Å². The van der Waals surface area contributed by atoms with Crippen molar-refractivity contribution < 1.29 is 0 Å². The highest BCUT2D eigenvalue weighted by molar-refractivity contribution is 7.98. The Bertz CT molecular complexity index is 1280. The second kappa shape index (κ2) is 10.3. The number of benzene rings is 3. The maximum Gasteiger partial charge on any atom is 0.196 e. The summed E-state index contributed by atoms with van der Waals surface area (Å²) in [6, 6.07) is 29.2. The van der Waals surface area contributed by atoms with Crippen LogP contribution in [0.25, 0.3) is 11.4 Å². The highest BCUT2D eigenvalue weighted by atomic mass is 32.2. The van der Waals surface area contributed by atoms with Gasteiger partial charge in [-0.15, -0.1) is 20.4 Å². The molecule has 0 spiro atoms. The zero-order valence-corrected chi connectivity index (χ0v) is 20.6. The average Bonchev–Trinajstić information content (AvgIpc) is 3.44. The predicted octanol–water partition coefficient (Wildman–Crippen LogP) is 6.05. The molecule has 0 unspecified atom stereocenters. The van der Waals surface area contributed by atoms with Gasteiger partial charge < -0.3 is 0 Å². The Balaban J connectivity index is 1.28. The van der Waals surface area contributed by atoms with E-state index < -0.39 is 0 Å². The molecule has 5 rings (SSSR count). The lowest BCUT2D eigenvalue weighted by molar-refractivity contribution is 0.868. The first-order valence-corrected chi connectivity index (χ1v) is 12.9. The molecule has 0 saturated heterocycles. The second-order valence-corrected chi connectivity index (χ2v) is 9.68. The molecule has 0 aliphatic rings. The van der Waals surface area contributed by atoms with Gasteiger partial charge in [-0.3, -0.25) is 9.13 Å². The summed E-state index contributed by atoms with van der Waals surface area (Å²) in [4.78, 5) is 0. The number of nitrogens with zero attached hydrogens (tertiary/aromatic N) is 6. The van der Waals surface area contributed by atoms with Gasteiger partial charge in [-0.05, 0) is 49.2 Å². The van der Waals surface area contributed by atoms with Gasteiger partial charge in [0, 0.05) is 22.9 Å². The average molecular weight is 485 g/mol. The number of hydrogen-bond acceptors (Lipinski definition) is 6. The summed E-state index contributed by atoms with van der Waals surface area (Å²) in [6.07, 6.45) is 0. The normalized spacial score (nSPS) is 11.1. The molecule has 8 heteroatoms. The van der Waals surface area contributed by atoms with Crippen LogP contribution in [0, 0.1) is 13.8 Å². The molecule has 3 aromatic carbocycles. The maximum atomic E-state index is 4.40. The zero-order valence-electron chi connectivity index (χ0n) is 19.0. The summed E-state index contributed by atoms with van der Waals surface area (Å²) in [5.74, 6) is 3.42. The first kappa shape index (κ1) is 22.4. The standard InChI is InChI=1S/C26H24N6S2/c1-19-27-29-25(31(19)23-12-5-3-6-13-23)33-17-21-10-9-11-22(16-21)18-34-26-30-28-20(2)32(26)24-14-7-4-8-15-24/h3-16H,17-18H2,1-2H3. The van der Waals surface area contributed by atoms with Gasteiger partial charge in [-0.2, -0.15) is 0 Å². The monoisotopic (exact) mass is 484 g/mol. The minimum Gasteiger partial charge on any atom is -0.274 e. The smallest absolute Gasteiger partial charge is 0.196 e. The molecule has 0 bridgehead atoms. The third-order valence-electron chi connectivity index (χ3n) is 5.35. The highest BCUT2D eigenvalue weighted by Gasteiger charge is 2.13. The van der Waals surface area contributed by atoms with Crippen molar-refractivity contribution >= 4 is 23.5 Å². The highest BCUT2D eigenvalue weighted by Crippen LogP contribution is 2.28. The van der Waals surface area contributed by atoms with Crippen LogP contribution < -0.4 is 0 Å². The minimum absolute atomic E-state index is 0.822. The van der Waals surface area contributed by atoms with Crippen molar-refractivity contribution in [2.75, 3.05) is 0 Å². The van der Waals surface area contributed by atoms with Gasteiger partial charge in [-0.1, -0.05) is 84.2 Å². The van der Waals surface area contributed by atoms with Crippen molar-refractivity contribution in [2.24, 2.45) is 0 Å². The number of aryl methyl sites for hydroxylation is 2. The summed E-state index contributed by atoms with van der Waals surface area (Å²) in [7, 11) is 0. The van der Waals surface area contributed by atoms with Gasteiger partial charge in [-0.25, -0.2) is 0 Å². The van der Waals surface area contributed by atoms with Crippen LogP contribution in [-0.4, -0.2) is 29.5 Å². The van der Waals surface area contributed by atoms with Gasteiger partial charge in [0.15, 0.2) is 10.3 Å². The Morgan fingerprint density at radius 1 is 0.559 bits per heavy atom. The third kappa shape index (κ3) is 4.93. The molecule has 0 fully saturated rings. The fourth-order valence-corrected chi connectivity index (χ4v) is 5.61. The fraction of sp³-hybridized carbons (Fsp3) is 0.154. The Morgan fingerprint density at radius 2 is 1.00 bits per heavy atom. The molecular formula is C26H24N6S2. The van der Waals surface area contributed by atoms with E-state index in [1.54, 1.807) is 23.5 Å². The van der Waals surface area contributed by atoms with Crippen LogP contribution in [-0.2, 0) is 11.5 Å². The van der Waals surface area contributed by atoms with Gasteiger partial charge in [0.2, 0.25) is 0 Å². The number of hydrogen-bond donors (Lipinski definition) is 0. The van der Waals surface area contributed by atoms with Gasteiger partial charge in [0.1, 0.15) is 11.6 Å². The molecule has 0 amide bonds. The molecule has 2 heterocycles. The van der Waals surface area contributed by atoms with E-state index in [1.165, 1.54) is 11.1 Å². The largest absolute Gasteiger partial charge is 0.274 e. The van der Waals surface area contributed by atoms with Crippen molar-refractivity contribution in [3.8, 4) is 11.4 Å². The Labute approximate surface area is 207 Å². The van der Waals surface area contributed by atoms with Crippen LogP contribution in [0.2, 0.25) is 0 Å². The number of thioether (sulfide) groups is 2. The molecule has 34 heavy (non-hydrogen) atoms. The zero-order chi connectivity index (χ0) is 23.3. The van der Waals surface area contributed by atoms with E-state index in [9.17, 15) is 0 Å². The lowest BCUT2D eigenvalue weighted by atomic mass is 10.2. The van der Waals surface area contributed by atoms with E-state index >= 15 is 0 Å². The lowest BCUT2D eigenvalue weighted by Crippen LogP contribution is -1.99. The van der Waals surface area contributed by atoms with Crippen LogP contribution in [0.5, 0.6) is 0 Å². The quantitative estimate of drug-likeness (QED) is 0.250. The fourth-order valence-electron chi connectivity index (χ4n) is 3.73. The summed E-state index contributed by atoms with van der Waals surface area (Å²) >= 11 is 3.40. The first-order chi connectivity index (χ1) is 16.7. The molecule has 0 aliphatic heterocycles. The Hall–Kier alpha value is -3.36. The van der Waals surface area contributed by atoms with E-state index in [1.807, 2.05) is 50.2 Å². The topological polar surface area (TPSA) is 61.4 Å². The van der Waals surface area contributed by atoms with Crippen LogP contribution in [0.15, 0.2) is 95.2 Å². The summed E-state index contributed by atoms with van der Waals surface area (Å²) < 4.78 is 4.20. The third-order valence-corrected chi connectivity index (χ3v) is 7.35. The molecule has 0 radical (unpaired) electrons. The number of rotatable bonds is 8. The van der Waals surface area contributed by atoms with Crippen molar-refractivity contribution in [3.05, 3.63) is 108 Å². The van der Waals surface area contributed by atoms with Gasteiger partial charge in [0.25, 0.3) is 0 Å². The van der Waals surface area contributed by atoms with Crippen molar-refractivity contribution in [2.45, 2.75) is 35.7 Å². The van der Waals surface area contributed by atoms with Crippen LogP contribution >= 0.6 is 23.5 Å².